The molecule has 0 aromatic heterocycles. The van der Waals surface area contributed by atoms with E-state index in [4.69, 9.17) is 0 Å². The molecule has 0 aromatic rings. The SMILES string of the molecule is C=CC(=O)OC.COC(=O)/C=C/C=C/C(=O)OC.COC(=O)C1C=CC(C(=O)OC)C(C(=O)OC)C1. The Bertz CT molecular complexity index is 829. The molecule has 0 saturated heterocycles. The summed E-state index contributed by atoms with van der Waals surface area (Å²) in [6.07, 6.45) is 9.52. The van der Waals surface area contributed by atoms with E-state index < -0.39 is 53.6 Å². The Morgan fingerprint density at radius 3 is 1.42 bits per heavy atom. The van der Waals surface area contributed by atoms with Crippen LogP contribution in [0.2, 0.25) is 0 Å². The molecule has 12 nitrogen and oxygen atoms in total. The minimum absolute atomic E-state index is 0.176. The first-order chi connectivity index (χ1) is 17.1. The van der Waals surface area contributed by atoms with Crippen molar-refractivity contribution in [1.29, 1.82) is 0 Å². The van der Waals surface area contributed by atoms with Gasteiger partial charge in [0.05, 0.1) is 60.4 Å². The lowest BCUT2D eigenvalue weighted by molar-refractivity contribution is -0.158. The Hall–Kier alpha value is -4.22. The second kappa shape index (κ2) is 20.2. The van der Waals surface area contributed by atoms with Gasteiger partial charge >= 0.3 is 35.8 Å². The minimum atomic E-state index is -0.725. The predicted octanol–water partition coefficient (Wildman–Crippen LogP) is 1.10. The van der Waals surface area contributed by atoms with Crippen molar-refractivity contribution in [3.8, 4) is 0 Å². The summed E-state index contributed by atoms with van der Waals surface area (Å²) >= 11 is 0. The van der Waals surface area contributed by atoms with E-state index in [1.165, 1.54) is 73.0 Å². The summed E-state index contributed by atoms with van der Waals surface area (Å²) in [5.74, 6) is -4.82. The number of rotatable bonds is 7. The molecule has 1 aliphatic carbocycles. The lowest BCUT2D eigenvalue weighted by atomic mass is 9.79. The van der Waals surface area contributed by atoms with E-state index in [-0.39, 0.29) is 6.42 Å². The van der Waals surface area contributed by atoms with Gasteiger partial charge in [0.1, 0.15) is 0 Å². The zero-order valence-corrected chi connectivity index (χ0v) is 21.1. The third kappa shape index (κ3) is 14.1. The maximum atomic E-state index is 11.6. The number of allylic oxidation sites excluding steroid dienone is 2. The van der Waals surface area contributed by atoms with Crippen LogP contribution in [0.4, 0.5) is 0 Å². The first-order valence-corrected chi connectivity index (χ1v) is 10.2. The maximum absolute atomic E-state index is 11.6. The highest BCUT2D eigenvalue weighted by atomic mass is 16.5. The van der Waals surface area contributed by atoms with E-state index in [0.29, 0.717) is 0 Å². The van der Waals surface area contributed by atoms with Crippen molar-refractivity contribution >= 4 is 35.8 Å². The number of methoxy groups -OCH3 is 6. The van der Waals surface area contributed by atoms with Gasteiger partial charge in [-0.05, 0) is 6.42 Å². The maximum Gasteiger partial charge on any atom is 0.330 e. The molecule has 3 atom stereocenters. The van der Waals surface area contributed by atoms with Crippen LogP contribution in [0, 0.1) is 17.8 Å². The van der Waals surface area contributed by atoms with Crippen molar-refractivity contribution in [3.05, 3.63) is 49.1 Å². The molecule has 0 N–H and O–H groups in total. The summed E-state index contributed by atoms with van der Waals surface area (Å²) in [5, 5.41) is 0. The molecule has 0 fully saturated rings. The zero-order valence-electron chi connectivity index (χ0n) is 21.1. The number of hydrogen-bond donors (Lipinski definition) is 0. The second-order valence-electron chi connectivity index (χ2n) is 6.42. The highest BCUT2D eigenvalue weighted by Crippen LogP contribution is 2.31. The monoisotopic (exact) mass is 512 g/mol. The van der Waals surface area contributed by atoms with Crippen LogP contribution < -0.4 is 0 Å². The van der Waals surface area contributed by atoms with E-state index in [1.54, 1.807) is 6.08 Å². The van der Waals surface area contributed by atoms with Gasteiger partial charge in [0, 0.05) is 18.2 Å². The Balaban J connectivity index is 0. The van der Waals surface area contributed by atoms with Crippen LogP contribution in [-0.4, -0.2) is 78.5 Å². The molecule has 0 aliphatic heterocycles. The Labute approximate surface area is 209 Å². The van der Waals surface area contributed by atoms with Gasteiger partial charge in [0.15, 0.2) is 0 Å². The molecule has 0 radical (unpaired) electrons. The topological polar surface area (TPSA) is 158 Å². The van der Waals surface area contributed by atoms with Gasteiger partial charge in [-0.15, -0.1) is 0 Å². The van der Waals surface area contributed by atoms with E-state index in [0.717, 1.165) is 6.08 Å². The van der Waals surface area contributed by atoms with Crippen molar-refractivity contribution in [2.45, 2.75) is 6.42 Å². The van der Waals surface area contributed by atoms with Crippen LogP contribution in [0.3, 0.4) is 0 Å². The summed E-state index contributed by atoms with van der Waals surface area (Å²) in [7, 11) is 7.62. The molecule has 3 unspecified atom stereocenters. The smallest absolute Gasteiger partial charge is 0.330 e. The number of carbonyl (C=O) groups excluding carboxylic acids is 6. The Kier molecular flexibility index (Phi) is 19.0. The van der Waals surface area contributed by atoms with Crippen LogP contribution >= 0.6 is 0 Å². The number of esters is 6. The standard InChI is InChI=1S/C12H16O6.C8H10O4.C4H6O2/c1-16-10(13)7-4-5-8(11(14)17-2)9(6-7)12(15)18-3;1-11-7(9)5-3-4-6-8(10)12-2;1-3-4(5)6-2/h4-5,7-9H,6H2,1-3H3;3-6H,1-2H3;3H,1H2,2H3/b;5-3+,6-4+;. The first-order valence-electron chi connectivity index (χ1n) is 10.2. The number of carbonyl (C=O) groups is 6. The summed E-state index contributed by atoms with van der Waals surface area (Å²) in [5.41, 5.74) is 0. The van der Waals surface area contributed by atoms with E-state index >= 15 is 0 Å². The molecule has 0 amide bonds. The molecule has 200 valence electrons. The van der Waals surface area contributed by atoms with Crippen LogP contribution in [0.1, 0.15) is 6.42 Å². The molecule has 0 aromatic carbocycles. The molecule has 1 rings (SSSR count). The molecular weight excluding hydrogens is 480 g/mol. The van der Waals surface area contributed by atoms with E-state index in [9.17, 15) is 28.8 Å². The van der Waals surface area contributed by atoms with Gasteiger partial charge in [0.25, 0.3) is 0 Å². The average Bonchev–Trinajstić information content (AvgIpc) is 2.93. The van der Waals surface area contributed by atoms with Crippen molar-refractivity contribution in [2.24, 2.45) is 17.8 Å². The predicted molar refractivity (Wildman–Crippen MR) is 125 cm³/mol. The highest BCUT2D eigenvalue weighted by molar-refractivity contribution is 5.86. The van der Waals surface area contributed by atoms with Gasteiger partial charge in [-0.2, -0.15) is 0 Å². The minimum Gasteiger partial charge on any atom is -0.469 e. The fourth-order valence-corrected chi connectivity index (χ4v) is 2.47. The van der Waals surface area contributed by atoms with Gasteiger partial charge in [0.2, 0.25) is 0 Å². The van der Waals surface area contributed by atoms with Crippen molar-refractivity contribution < 1.29 is 57.2 Å². The fraction of sp³-hybridized carbons (Fsp3) is 0.417. The molecule has 1 aliphatic rings. The molecule has 0 bridgehead atoms. The summed E-state index contributed by atoms with van der Waals surface area (Å²) < 4.78 is 26.6. The molecular formula is C24H32O12. The van der Waals surface area contributed by atoms with Crippen LogP contribution in [0.5, 0.6) is 0 Å². The second-order valence-corrected chi connectivity index (χ2v) is 6.42. The Morgan fingerprint density at radius 2 is 1.08 bits per heavy atom. The van der Waals surface area contributed by atoms with Crippen molar-refractivity contribution in [1.82, 2.24) is 0 Å². The molecule has 0 heterocycles. The summed E-state index contributed by atoms with van der Waals surface area (Å²) in [6.45, 7) is 3.16. The van der Waals surface area contributed by atoms with Gasteiger partial charge in [-0.1, -0.05) is 30.9 Å². The molecule has 0 spiro atoms. The van der Waals surface area contributed by atoms with Crippen molar-refractivity contribution in [3.63, 3.8) is 0 Å². The van der Waals surface area contributed by atoms with Crippen LogP contribution in [0.15, 0.2) is 49.1 Å². The lowest BCUT2D eigenvalue weighted by Crippen LogP contribution is -2.36. The fourth-order valence-electron chi connectivity index (χ4n) is 2.47. The average molecular weight is 513 g/mol. The van der Waals surface area contributed by atoms with Crippen LogP contribution in [0.25, 0.3) is 0 Å². The number of ether oxygens (including phenoxy) is 6. The Morgan fingerprint density at radius 1 is 0.639 bits per heavy atom. The third-order valence-electron chi connectivity index (χ3n) is 4.32. The zero-order chi connectivity index (χ0) is 28.1. The van der Waals surface area contributed by atoms with Crippen LogP contribution in [-0.2, 0) is 57.2 Å². The largest absolute Gasteiger partial charge is 0.469 e. The molecule has 36 heavy (non-hydrogen) atoms. The van der Waals surface area contributed by atoms with Crippen molar-refractivity contribution in [2.75, 3.05) is 42.7 Å². The van der Waals surface area contributed by atoms with Gasteiger partial charge < -0.3 is 28.4 Å². The molecule has 12 heteroatoms. The number of hydrogen-bond acceptors (Lipinski definition) is 12. The highest BCUT2D eigenvalue weighted by Gasteiger charge is 2.39. The van der Waals surface area contributed by atoms with Gasteiger partial charge in [-0.25, -0.2) is 14.4 Å². The molecule has 0 saturated carbocycles. The first kappa shape index (κ1) is 34.0. The van der Waals surface area contributed by atoms with E-state index in [1.807, 2.05) is 0 Å². The quantitative estimate of drug-likeness (QED) is 0.157. The third-order valence-corrected chi connectivity index (χ3v) is 4.32. The summed E-state index contributed by atoms with van der Waals surface area (Å²) in [4.78, 5) is 65.4. The van der Waals surface area contributed by atoms with Gasteiger partial charge in [-0.3, -0.25) is 14.4 Å². The van der Waals surface area contributed by atoms with E-state index in [2.05, 4.69) is 35.0 Å². The normalized spacial score (nSPS) is 17.8. The summed E-state index contributed by atoms with van der Waals surface area (Å²) in [6, 6.07) is 0. The lowest BCUT2D eigenvalue weighted by Gasteiger charge is -2.27.